The molecule has 0 aromatic heterocycles. The number of amides is 2. The van der Waals surface area contributed by atoms with E-state index in [0.717, 1.165) is 55.1 Å². The summed E-state index contributed by atoms with van der Waals surface area (Å²) in [6.07, 6.45) is 1.03. The van der Waals surface area contributed by atoms with Gasteiger partial charge < -0.3 is 15.0 Å². The first-order valence-corrected chi connectivity index (χ1v) is 11.1. The number of nitrogens with zero attached hydrogens (tertiary/aromatic N) is 2. The molecule has 0 saturated carbocycles. The monoisotopic (exact) mass is 449 g/mol. The van der Waals surface area contributed by atoms with Crippen LogP contribution in [0, 0.1) is 11.6 Å². The van der Waals surface area contributed by atoms with E-state index in [9.17, 15) is 13.6 Å². The van der Waals surface area contributed by atoms with Crippen LogP contribution in [0.25, 0.3) is 0 Å². The van der Waals surface area contributed by atoms with Crippen LogP contribution in [0.1, 0.15) is 22.3 Å². The van der Waals surface area contributed by atoms with Crippen LogP contribution in [0.2, 0.25) is 0 Å². The average Bonchev–Trinajstić information content (AvgIpc) is 3.03. The Morgan fingerprint density at radius 3 is 2.52 bits per heavy atom. The molecule has 3 aromatic carbocycles. The van der Waals surface area contributed by atoms with E-state index in [-0.39, 0.29) is 0 Å². The second-order valence-electron chi connectivity index (χ2n) is 8.47. The summed E-state index contributed by atoms with van der Waals surface area (Å²) < 4.78 is 33.8. The number of rotatable bonds is 3. The largest absolute Gasteiger partial charge is 0.491 e. The molecule has 0 bridgehead atoms. The lowest BCUT2D eigenvalue weighted by atomic mass is 9.99. The van der Waals surface area contributed by atoms with Gasteiger partial charge in [-0.2, -0.15) is 0 Å². The van der Waals surface area contributed by atoms with Gasteiger partial charge in [-0.3, -0.25) is 4.90 Å². The molecule has 5 rings (SSSR count). The molecule has 0 fully saturated rings. The molecule has 0 radical (unpaired) electrons. The van der Waals surface area contributed by atoms with E-state index in [1.165, 1.54) is 22.1 Å². The van der Waals surface area contributed by atoms with Gasteiger partial charge in [0.25, 0.3) is 0 Å². The standard InChI is InChI=1S/C26H25F2N3O2/c27-22-6-3-7-23(28)25(22)29-26(32)31-12-13-33-24-9-8-18(14-21(24)17-31)15-30-11-10-19-4-1-2-5-20(19)16-30/h1-9,14H,10-13,15-17H2,(H,29,32). The van der Waals surface area contributed by atoms with Crippen LogP contribution in [-0.2, 0) is 26.1 Å². The van der Waals surface area contributed by atoms with Crippen LogP contribution in [0.15, 0.2) is 60.7 Å². The van der Waals surface area contributed by atoms with Crippen molar-refractivity contribution in [2.24, 2.45) is 0 Å². The molecule has 3 aromatic rings. The summed E-state index contributed by atoms with van der Waals surface area (Å²) in [5, 5.41) is 2.37. The minimum atomic E-state index is -0.805. The minimum absolute atomic E-state index is 0.300. The molecular weight excluding hydrogens is 424 g/mol. The number of urea groups is 1. The molecule has 2 aliphatic rings. The molecule has 2 aliphatic heterocycles. The Balaban J connectivity index is 1.29. The topological polar surface area (TPSA) is 44.8 Å². The van der Waals surface area contributed by atoms with Crippen molar-refractivity contribution in [3.63, 3.8) is 0 Å². The maximum absolute atomic E-state index is 14.0. The van der Waals surface area contributed by atoms with Crippen LogP contribution in [0.4, 0.5) is 19.3 Å². The molecular formula is C26H25F2N3O2. The molecule has 0 atom stereocenters. The quantitative estimate of drug-likeness (QED) is 0.616. The van der Waals surface area contributed by atoms with Crippen LogP contribution in [0.3, 0.4) is 0 Å². The van der Waals surface area contributed by atoms with E-state index < -0.39 is 23.4 Å². The number of benzene rings is 3. The van der Waals surface area contributed by atoms with Gasteiger partial charge in [-0.25, -0.2) is 13.6 Å². The van der Waals surface area contributed by atoms with Gasteiger partial charge in [-0.05, 0) is 47.4 Å². The zero-order valence-electron chi connectivity index (χ0n) is 18.2. The Hall–Kier alpha value is -3.45. The number of ether oxygens (including phenoxy) is 1. The number of fused-ring (bicyclic) bond motifs is 2. The highest BCUT2D eigenvalue weighted by molar-refractivity contribution is 5.89. The lowest BCUT2D eigenvalue weighted by Gasteiger charge is -2.29. The average molecular weight is 450 g/mol. The lowest BCUT2D eigenvalue weighted by molar-refractivity contribution is 0.200. The van der Waals surface area contributed by atoms with Crippen molar-refractivity contribution in [2.45, 2.75) is 26.1 Å². The van der Waals surface area contributed by atoms with Crippen LogP contribution in [0.5, 0.6) is 5.75 Å². The number of halogens is 2. The number of carbonyl (C=O) groups excluding carboxylic acids is 1. The molecule has 0 unspecified atom stereocenters. The molecule has 0 spiro atoms. The maximum atomic E-state index is 14.0. The smallest absolute Gasteiger partial charge is 0.322 e. The van der Waals surface area contributed by atoms with Gasteiger partial charge in [0, 0.05) is 25.2 Å². The highest BCUT2D eigenvalue weighted by Crippen LogP contribution is 2.27. The molecule has 2 amide bonds. The number of anilines is 1. The zero-order valence-corrected chi connectivity index (χ0v) is 18.2. The molecule has 2 heterocycles. The number of hydrogen-bond acceptors (Lipinski definition) is 3. The third kappa shape index (κ3) is 4.68. The Morgan fingerprint density at radius 2 is 1.70 bits per heavy atom. The normalized spacial score (nSPS) is 15.8. The summed E-state index contributed by atoms with van der Waals surface area (Å²) in [6.45, 7) is 3.62. The van der Waals surface area contributed by atoms with Crippen molar-refractivity contribution in [1.29, 1.82) is 0 Å². The summed E-state index contributed by atoms with van der Waals surface area (Å²) in [5.74, 6) is -0.879. The fourth-order valence-corrected chi connectivity index (χ4v) is 4.47. The summed E-state index contributed by atoms with van der Waals surface area (Å²) in [7, 11) is 0. The third-order valence-electron chi connectivity index (χ3n) is 6.20. The first-order chi connectivity index (χ1) is 16.1. The highest BCUT2D eigenvalue weighted by atomic mass is 19.1. The molecule has 7 heteroatoms. The van der Waals surface area contributed by atoms with E-state index in [1.807, 2.05) is 6.07 Å². The van der Waals surface area contributed by atoms with E-state index in [0.29, 0.717) is 19.7 Å². The first kappa shape index (κ1) is 21.4. The van der Waals surface area contributed by atoms with Gasteiger partial charge in [0.2, 0.25) is 0 Å². The lowest BCUT2D eigenvalue weighted by Crippen LogP contribution is -2.36. The van der Waals surface area contributed by atoms with Crippen molar-refractivity contribution < 1.29 is 18.3 Å². The van der Waals surface area contributed by atoms with Gasteiger partial charge in [0.15, 0.2) is 0 Å². The van der Waals surface area contributed by atoms with E-state index in [4.69, 9.17) is 4.74 Å². The maximum Gasteiger partial charge on any atom is 0.322 e. The van der Waals surface area contributed by atoms with Crippen molar-refractivity contribution in [1.82, 2.24) is 9.80 Å². The van der Waals surface area contributed by atoms with Crippen LogP contribution < -0.4 is 10.1 Å². The van der Waals surface area contributed by atoms with E-state index >= 15 is 0 Å². The second-order valence-corrected chi connectivity index (χ2v) is 8.47. The molecule has 1 N–H and O–H groups in total. The fourth-order valence-electron chi connectivity index (χ4n) is 4.47. The van der Waals surface area contributed by atoms with Gasteiger partial charge in [-0.15, -0.1) is 0 Å². The highest BCUT2D eigenvalue weighted by Gasteiger charge is 2.23. The molecule has 33 heavy (non-hydrogen) atoms. The van der Waals surface area contributed by atoms with Gasteiger partial charge in [0.1, 0.15) is 29.7 Å². The SMILES string of the molecule is O=C(Nc1c(F)cccc1F)N1CCOc2ccc(CN3CCc4ccccc4C3)cc2C1. The molecule has 170 valence electrons. The second kappa shape index (κ2) is 9.19. The number of carbonyl (C=O) groups is 1. The molecule has 0 aliphatic carbocycles. The first-order valence-electron chi connectivity index (χ1n) is 11.1. The Labute approximate surface area is 191 Å². The zero-order chi connectivity index (χ0) is 22.8. The van der Waals surface area contributed by atoms with E-state index in [2.05, 4.69) is 46.6 Å². The van der Waals surface area contributed by atoms with Gasteiger partial charge >= 0.3 is 6.03 Å². The summed E-state index contributed by atoms with van der Waals surface area (Å²) in [6, 6.07) is 17.5. The summed E-state index contributed by atoms with van der Waals surface area (Å²) in [5.41, 5.74) is 4.36. The molecule has 0 saturated heterocycles. The predicted octanol–water partition coefficient (Wildman–Crippen LogP) is 4.95. The number of hydrogen-bond donors (Lipinski definition) is 1. The van der Waals surface area contributed by atoms with Crippen molar-refractivity contribution in [2.75, 3.05) is 25.0 Å². The number of para-hydroxylation sites is 1. The molecule has 5 nitrogen and oxygen atoms in total. The Kier molecular flexibility index (Phi) is 5.96. The summed E-state index contributed by atoms with van der Waals surface area (Å²) in [4.78, 5) is 16.7. The van der Waals surface area contributed by atoms with E-state index in [1.54, 1.807) is 0 Å². The van der Waals surface area contributed by atoms with Gasteiger partial charge in [-0.1, -0.05) is 36.4 Å². The Morgan fingerprint density at radius 1 is 0.909 bits per heavy atom. The Bertz CT molecular complexity index is 1160. The van der Waals surface area contributed by atoms with Crippen molar-refractivity contribution in [3.8, 4) is 5.75 Å². The van der Waals surface area contributed by atoms with Crippen molar-refractivity contribution >= 4 is 11.7 Å². The minimum Gasteiger partial charge on any atom is -0.491 e. The summed E-state index contributed by atoms with van der Waals surface area (Å²) >= 11 is 0. The van der Waals surface area contributed by atoms with Crippen LogP contribution >= 0.6 is 0 Å². The fraction of sp³-hybridized carbons (Fsp3) is 0.269. The predicted molar refractivity (Wildman–Crippen MR) is 122 cm³/mol. The number of nitrogens with one attached hydrogen (secondary N) is 1. The van der Waals surface area contributed by atoms with Crippen LogP contribution in [-0.4, -0.2) is 35.5 Å². The third-order valence-corrected chi connectivity index (χ3v) is 6.20. The van der Waals surface area contributed by atoms with Crippen molar-refractivity contribution in [3.05, 3.63) is 94.6 Å². The van der Waals surface area contributed by atoms with Gasteiger partial charge in [0.05, 0.1) is 13.1 Å².